The Bertz CT molecular complexity index is 836. The van der Waals surface area contributed by atoms with Gasteiger partial charge < -0.3 is 14.4 Å². The molecule has 5 heteroatoms. The van der Waals surface area contributed by atoms with Crippen molar-refractivity contribution in [2.45, 2.75) is 13.8 Å². The van der Waals surface area contributed by atoms with Gasteiger partial charge in [0.1, 0.15) is 0 Å². The Labute approximate surface area is 163 Å². The van der Waals surface area contributed by atoms with E-state index in [0.29, 0.717) is 17.1 Å². The standard InChI is InChI=1S/C21H23BrN2O2/c1-5-24(6-2)19-9-7-15(12-18(19)22)11-17(14-23)16-8-10-20(25-3)21(13-16)26-4/h7-13H,5-6H2,1-4H3. The first-order chi connectivity index (χ1) is 12.6. The van der Waals surface area contributed by atoms with Crippen molar-refractivity contribution in [1.82, 2.24) is 0 Å². The minimum absolute atomic E-state index is 0.563. The van der Waals surface area contributed by atoms with E-state index in [2.05, 4.69) is 46.8 Å². The molecule has 0 N–H and O–H groups in total. The van der Waals surface area contributed by atoms with E-state index in [1.54, 1.807) is 20.3 Å². The molecular weight excluding hydrogens is 392 g/mol. The van der Waals surface area contributed by atoms with E-state index in [9.17, 15) is 5.26 Å². The van der Waals surface area contributed by atoms with Gasteiger partial charge in [0.15, 0.2) is 11.5 Å². The Morgan fingerprint density at radius 2 is 1.77 bits per heavy atom. The average Bonchev–Trinajstić information content (AvgIpc) is 2.67. The highest BCUT2D eigenvalue weighted by Crippen LogP contribution is 2.32. The molecule has 0 bridgehead atoms. The fourth-order valence-corrected chi connectivity index (χ4v) is 3.43. The van der Waals surface area contributed by atoms with Crippen LogP contribution in [0.25, 0.3) is 11.6 Å². The van der Waals surface area contributed by atoms with Crippen molar-refractivity contribution in [3.8, 4) is 17.6 Å². The molecule has 26 heavy (non-hydrogen) atoms. The monoisotopic (exact) mass is 414 g/mol. The highest BCUT2D eigenvalue weighted by atomic mass is 79.9. The van der Waals surface area contributed by atoms with Crippen LogP contribution in [0.2, 0.25) is 0 Å². The Balaban J connectivity index is 2.41. The lowest BCUT2D eigenvalue weighted by Crippen LogP contribution is -2.22. The Hall–Kier alpha value is -2.45. The molecule has 0 atom stereocenters. The molecule has 4 nitrogen and oxygen atoms in total. The van der Waals surface area contributed by atoms with Crippen LogP contribution in [0.5, 0.6) is 11.5 Å². The summed E-state index contributed by atoms with van der Waals surface area (Å²) in [4.78, 5) is 2.27. The van der Waals surface area contributed by atoms with Gasteiger partial charge in [0.25, 0.3) is 0 Å². The van der Waals surface area contributed by atoms with Gasteiger partial charge in [0, 0.05) is 17.6 Å². The van der Waals surface area contributed by atoms with Gasteiger partial charge in [-0.1, -0.05) is 6.07 Å². The zero-order valence-corrected chi connectivity index (χ0v) is 17.1. The molecule has 0 saturated heterocycles. The van der Waals surface area contributed by atoms with E-state index in [-0.39, 0.29) is 0 Å². The number of ether oxygens (including phenoxy) is 2. The molecule has 0 unspecified atom stereocenters. The Morgan fingerprint density at radius 3 is 2.31 bits per heavy atom. The summed E-state index contributed by atoms with van der Waals surface area (Å²) in [6, 6.07) is 13.9. The second-order valence-corrected chi connectivity index (χ2v) is 6.48. The second kappa shape index (κ2) is 9.30. The SMILES string of the molecule is CCN(CC)c1ccc(C=C(C#N)c2ccc(OC)c(OC)c2)cc1Br. The van der Waals surface area contributed by atoms with Gasteiger partial charge in [-0.05, 0) is 77.3 Å². The maximum absolute atomic E-state index is 9.61. The lowest BCUT2D eigenvalue weighted by atomic mass is 10.0. The number of anilines is 1. The van der Waals surface area contributed by atoms with E-state index >= 15 is 0 Å². The number of hydrogen-bond donors (Lipinski definition) is 0. The van der Waals surface area contributed by atoms with Crippen molar-refractivity contribution in [3.05, 3.63) is 52.0 Å². The highest BCUT2D eigenvalue weighted by Gasteiger charge is 2.10. The van der Waals surface area contributed by atoms with Crippen LogP contribution in [0.1, 0.15) is 25.0 Å². The molecule has 0 aliphatic rings. The van der Waals surface area contributed by atoms with E-state index in [4.69, 9.17) is 9.47 Å². The summed E-state index contributed by atoms with van der Waals surface area (Å²) in [6.45, 7) is 6.15. The first-order valence-corrected chi connectivity index (χ1v) is 9.25. The number of hydrogen-bond acceptors (Lipinski definition) is 4. The molecule has 0 radical (unpaired) electrons. The normalized spacial score (nSPS) is 11.0. The van der Waals surface area contributed by atoms with E-state index in [1.165, 1.54) is 0 Å². The topological polar surface area (TPSA) is 45.5 Å². The predicted molar refractivity (Wildman–Crippen MR) is 111 cm³/mol. The van der Waals surface area contributed by atoms with Crippen LogP contribution in [0.4, 0.5) is 5.69 Å². The summed E-state index contributed by atoms with van der Waals surface area (Å²) in [6.07, 6.45) is 1.87. The lowest BCUT2D eigenvalue weighted by molar-refractivity contribution is 0.355. The molecule has 0 heterocycles. The van der Waals surface area contributed by atoms with Crippen molar-refractivity contribution < 1.29 is 9.47 Å². The van der Waals surface area contributed by atoms with Crippen molar-refractivity contribution in [2.75, 3.05) is 32.2 Å². The first-order valence-electron chi connectivity index (χ1n) is 8.46. The van der Waals surface area contributed by atoms with Gasteiger partial charge in [0.2, 0.25) is 0 Å². The molecule has 2 aromatic rings. The number of nitriles is 1. The summed E-state index contributed by atoms with van der Waals surface area (Å²) in [5.41, 5.74) is 3.46. The third-order valence-corrected chi connectivity index (χ3v) is 4.84. The van der Waals surface area contributed by atoms with Crippen LogP contribution in [0.15, 0.2) is 40.9 Å². The first kappa shape index (κ1) is 19.9. The van der Waals surface area contributed by atoms with E-state index < -0.39 is 0 Å². The van der Waals surface area contributed by atoms with Crippen LogP contribution in [0.3, 0.4) is 0 Å². The maximum atomic E-state index is 9.61. The van der Waals surface area contributed by atoms with Crippen molar-refractivity contribution >= 4 is 33.3 Å². The smallest absolute Gasteiger partial charge is 0.161 e. The van der Waals surface area contributed by atoms with Gasteiger partial charge >= 0.3 is 0 Å². The van der Waals surface area contributed by atoms with Gasteiger partial charge in [-0.2, -0.15) is 5.26 Å². The zero-order chi connectivity index (χ0) is 19.1. The Kier molecular flexibility index (Phi) is 7.11. The lowest BCUT2D eigenvalue weighted by Gasteiger charge is -2.22. The molecular formula is C21H23BrN2O2. The molecule has 2 aromatic carbocycles. The third-order valence-electron chi connectivity index (χ3n) is 4.20. The minimum Gasteiger partial charge on any atom is -0.493 e. The minimum atomic E-state index is 0.563. The van der Waals surface area contributed by atoms with Crippen molar-refractivity contribution in [3.63, 3.8) is 0 Å². The molecule has 0 fully saturated rings. The second-order valence-electron chi connectivity index (χ2n) is 5.62. The zero-order valence-electron chi connectivity index (χ0n) is 15.5. The summed E-state index contributed by atoms with van der Waals surface area (Å²) in [5, 5.41) is 9.61. The predicted octanol–water partition coefficient (Wildman–Crippen LogP) is 5.38. The molecule has 136 valence electrons. The molecule has 0 aliphatic heterocycles. The van der Waals surface area contributed by atoms with Crippen LogP contribution in [-0.4, -0.2) is 27.3 Å². The van der Waals surface area contributed by atoms with Gasteiger partial charge in [0.05, 0.1) is 31.5 Å². The molecule has 0 aromatic heterocycles. The number of allylic oxidation sites excluding steroid dienone is 1. The molecule has 0 aliphatic carbocycles. The average molecular weight is 415 g/mol. The van der Waals surface area contributed by atoms with Crippen LogP contribution < -0.4 is 14.4 Å². The van der Waals surface area contributed by atoms with Gasteiger partial charge in [-0.15, -0.1) is 0 Å². The summed E-state index contributed by atoms with van der Waals surface area (Å²) < 4.78 is 11.6. The summed E-state index contributed by atoms with van der Waals surface area (Å²) >= 11 is 3.65. The third kappa shape index (κ3) is 4.39. The Morgan fingerprint density at radius 1 is 1.08 bits per heavy atom. The van der Waals surface area contributed by atoms with Gasteiger partial charge in [-0.3, -0.25) is 0 Å². The summed E-state index contributed by atoms with van der Waals surface area (Å²) in [7, 11) is 3.17. The molecule has 0 saturated carbocycles. The number of methoxy groups -OCH3 is 2. The highest BCUT2D eigenvalue weighted by molar-refractivity contribution is 9.10. The molecule has 0 amide bonds. The quantitative estimate of drug-likeness (QED) is 0.450. The number of benzene rings is 2. The van der Waals surface area contributed by atoms with Crippen LogP contribution >= 0.6 is 15.9 Å². The van der Waals surface area contributed by atoms with E-state index in [0.717, 1.165) is 34.4 Å². The van der Waals surface area contributed by atoms with Crippen molar-refractivity contribution in [1.29, 1.82) is 5.26 Å². The van der Waals surface area contributed by atoms with Crippen molar-refractivity contribution in [2.24, 2.45) is 0 Å². The van der Waals surface area contributed by atoms with Gasteiger partial charge in [-0.25, -0.2) is 0 Å². The van der Waals surface area contributed by atoms with Crippen LogP contribution in [0, 0.1) is 11.3 Å². The number of rotatable bonds is 7. The summed E-state index contributed by atoms with van der Waals surface area (Å²) in [5.74, 6) is 1.24. The maximum Gasteiger partial charge on any atom is 0.161 e. The fourth-order valence-electron chi connectivity index (χ4n) is 2.78. The number of nitrogens with zero attached hydrogens (tertiary/aromatic N) is 2. The number of halogens is 1. The fraction of sp³-hybridized carbons (Fsp3) is 0.286. The largest absolute Gasteiger partial charge is 0.493 e. The van der Waals surface area contributed by atoms with E-state index in [1.807, 2.05) is 30.3 Å². The van der Waals surface area contributed by atoms with Crippen LogP contribution in [-0.2, 0) is 0 Å². The molecule has 2 rings (SSSR count). The molecule has 0 spiro atoms.